The van der Waals surface area contributed by atoms with Gasteiger partial charge in [0.2, 0.25) is 0 Å². The zero-order valence-electron chi connectivity index (χ0n) is 14.1. The topological polar surface area (TPSA) is 73.2 Å². The highest BCUT2D eigenvalue weighted by Crippen LogP contribution is 2.18. The molecule has 0 radical (unpaired) electrons. The summed E-state index contributed by atoms with van der Waals surface area (Å²) in [6.07, 6.45) is 2.20. The fourth-order valence-electron chi connectivity index (χ4n) is 2.16. The van der Waals surface area contributed by atoms with Gasteiger partial charge in [-0.3, -0.25) is 9.59 Å². The van der Waals surface area contributed by atoms with E-state index in [4.69, 9.17) is 4.74 Å². The molecule has 6 heteroatoms. The molecule has 1 aromatic carbocycles. The molecular weight excluding hydrogens is 306 g/mol. The maximum Gasteiger partial charge on any atom is 0.266 e. The average molecular weight is 329 g/mol. The molecule has 1 aromatic heterocycles. The molecule has 0 aliphatic heterocycles. The third kappa shape index (κ3) is 5.53. The molecule has 0 fully saturated rings. The van der Waals surface area contributed by atoms with Crippen LogP contribution in [0.1, 0.15) is 31.7 Å². The van der Waals surface area contributed by atoms with Crippen molar-refractivity contribution in [2.45, 2.75) is 32.7 Å². The molecule has 1 heterocycles. The van der Waals surface area contributed by atoms with Gasteiger partial charge in [0, 0.05) is 25.4 Å². The number of benzene rings is 1. The number of carbonyl (C=O) groups is 1. The molecule has 128 valence electrons. The van der Waals surface area contributed by atoms with E-state index in [1.54, 1.807) is 12.3 Å². The lowest BCUT2D eigenvalue weighted by atomic mass is 10.0. The van der Waals surface area contributed by atoms with Crippen LogP contribution < -0.4 is 15.6 Å². The molecule has 0 saturated heterocycles. The van der Waals surface area contributed by atoms with Gasteiger partial charge in [-0.15, -0.1) is 0 Å². The van der Waals surface area contributed by atoms with E-state index in [2.05, 4.69) is 24.3 Å². The van der Waals surface area contributed by atoms with E-state index < -0.39 is 0 Å². The van der Waals surface area contributed by atoms with Crippen LogP contribution in [0.2, 0.25) is 0 Å². The second-order valence-corrected chi connectivity index (χ2v) is 5.80. The van der Waals surface area contributed by atoms with Gasteiger partial charge in [0.1, 0.15) is 5.75 Å². The number of aryl methyl sites for hydroxylation is 1. The number of rotatable bonds is 8. The average Bonchev–Trinajstić information content (AvgIpc) is 2.58. The number of carbonyl (C=O) groups excluding carboxylic acids is 1. The van der Waals surface area contributed by atoms with Crippen molar-refractivity contribution in [2.24, 2.45) is 0 Å². The molecule has 2 aromatic rings. The lowest BCUT2D eigenvalue weighted by Gasteiger charge is -2.09. The Bertz CT molecular complexity index is 708. The summed E-state index contributed by atoms with van der Waals surface area (Å²) in [4.78, 5) is 23.2. The van der Waals surface area contributed by atoms with Crippen LogP contribution >= 0.6 is 0 Å². The van der Waals surface area contributed by atoms with Gasteiger partial charge in [0.05, 0.1) is 0 Å². The molecule has 24 heavy (non-hydrogen) atoms. The monoisotopic (exact) mass is 329 g/mol. The van der Waals surface area contributed by atoms with Crippen LogP contribution in [-0.2, 0) is 11.3 Å². The van der Waals surface area contributed by atoms with Gasteiger partial charge >= 0.3 is 0 Å². The van der Waals surface area contributed by atoms with Crippen LogP contribution in [0.15, 0.2) is 47.4 Å². The minimum absolute atomic E-state index is 0.0233. The van der Waals surface area contributed by atoms with E-state index in [1.165, 1.54) is 16.3 Å². The van der Waals surface area contributed by atoms with E-state index in [0.29, 0.717) is 31.2 Å². The van der Waals surface area contributed by atoms with Crippen molar-refractivity contribution >= 4 is 5.91 Å². The second-order valence-electron chi connectivity index (χ2n) is 5.80. The predicted molar refractivity (Wildman–Crippen MR) is 92.1 cm³/mol. The lowest BCUT2D eigenvalue weighted by molar-refractivity contribution is -0.123. The highest BCUT2D eigenvalue weighted by molar-refractivity contribution is 5.77. The van der Waals surface area contributed by atoms with E-state index in [9.17, 15) is 9.59 Å². The van der Waals surface area contributed by atoms with E-state index in [-0.39, 0.29) is 18.1 Å². The molecule has 0 spiro atoms. The molecule has 2 rings (SSSR count). The number of nitrogens with one attached hydrogen (secondary N) is 1. The third-order valence-electron chi connectivity index (χ3n) is 3.57. The zero-order chi connectivity index (χ0) is 17.4. The Balaban J connectivity index is 1.66. The standard InChI is InChI=1S/C18H23N3O3/c1-14(2)15-6-8-16(9-7-15)24-13-17(22)19-10-4-12-21-18(23)5-3-11-20-21/h3,5-9,11,14H,4,10,12-13H2,1-2H3,(H,19,22). The molecule has 0 saturated carbocycles. The van der Waals surface area contributed by atoms with Crippen LogP contribution in [0, 0.1) is 0 Å². The van der Waals surface area contributed by atoms with Crippen molar-refractivity contribution in [2.75, 3.05) is 13.2 Å². The summed E-state index contributed by atoms with van der Waals surface area (Å²) in [5.74, 6) is 0.958. The van der Waals surface area contributed by atoms with Crippen molar-refractivity contribution < 1.29 is 9.53 Å². The summed E-state index contributed by atoms with van der Waals surface area (Å²) in [5.41, 5.74) is 1.09. The number of hydrogen-bond donors (Lipinski definition) is 1. The van der Waals surface area contributed by atoms with Crippen LogP contribution in [0.3, 0.4) is 0 Å². The molecular formula is C18H23N3O3. The fourth-order valence-corrected chi connectivity index (χ4v) is 2.16. The summed E-state index contributed by atoms with van der Waals surface area (Å²) < 4.78 is 6.83. The van der Waals surface area contributed by atoms with Crippen molar-refractivity contribution in [3.63, 3.8) is 0 Å². The SMILES string of the molecule is CC(C)c1ccc(OCC(=O)NCCCn2ncccc2=O)cc1. The first-order valence-electron chi connectivity index (χ1n) is 8.08. The Morgan fingerprint density at radius 2 is 2.00 bits per heavy atom. The van der Waals surface area contributed by atoms with Crippen LogP contribution in [-0.4, -0.2) is 28.8 Å². The molecule has 1 amide bonds. The number of hydrogen-bond acceptors (Lipinski definition) is 4. The van der Waals surface area contributed by atoms with E-state index in [1.807, 2.05) is 24.3 Å². The number of aromatic nitrogens is 2. The molecule has 6 nitrogen and oxygen atoms in total. The minimum atomic E-state index is -0.184. The minimum Gasteiger partial charge on any atom is -0.484 e. The summed E-state index contributed by atoms with van der Waals surface area (Å²) in [5, 5.41) is 6.72. The highest BCUT2D eigenvalue weighted by Gasteiger charge is 2.04. The summed E-state index contributed by atoms with van der Waals surface area (Å²) >= 11 is 0. The van der Waals surface area contributed by atoms with Gasteiger partial charge in [0.25, 0.3) is 11.5 Å². The normalized spacial score (nSPS) is 10.6. The van der Waals surface area contributed by atoms with Crippen molar-refractivity contribution in [1.29, 1.82) is 0 Å². The Morgan fingerprint density at radius 3 is 2.67 bits per heavy atom. The maximum atomic E-state index is 11.7. The second kappa shape index (κ2) is 8.86. The smallest absolute Gasteiger partial charge is 0.266 e. The van der Waals surface area contributed by atoms with Crippen LogP contribution in [0.25, 0.3) is 0 Å². The van der Waals surface area contributed by atoms with Crippen LogP contribution in [0.4, 0.5) is 0 Å². The van der Waals surface area contributed by atoms with Gasteiger partial charge in [-0.1, -0.05) is 26.0 Å². The quantitative estimate of drug-likeness (QED) is 0.751. The Morgan fingerprint density at radius 1 is 1.25 bits per heavy atom. The van der Waals surface area contributed by atoms with Gasteiger partial charge < -0.3 is 10.1 Å². The third-order valence-corrected chi connectivity index (χ3v) is 3.57. The van der Waals surface area contributed by atoms with Gasteiger partial charge in [-0.2, -0.15) is 5.10 Å². The molecule has 0 aliphatic rings. The summed E-state index contributed by atoms with van der Waals surface area (Å²) in [6.45, 7) is 5.17. The number of nitrogens with zero attached hydrogens (tertiary/aromatic N) is 2. The number of ether oxygens (including phenoxy) is 1. The van der Waals surface area contributed by atoms with Crippen molar-refractivity contribution in [3.05, 3.63) is 58.5 Å². The van der Waals surface area contributed by atoms with Crippen LogP contribution in [0.5, 0.6) is 5.75 Å². The molecule has 0 atom stereocenters. The van der Waals surface area contributed by atoms with Crippen molar-refractivity contribution in [1.82, 2.24) is 15.1 Å². The summed E-state index contributed by atoms with van der Waals surface area (Å²) in [7, 11) is 0. The maximum absolute atomic E-state index is 11.7. The van der Waals surface area contributed by atoms with E-state index >= 15 is 0 Å². The number of amides is 1. The molecule has 1 N–H and O–H groups in total. The zero-order valence-corrected chi connectivity index (χ0v) is 14.1. The predicted octanol–water partition coefficient (Wildman–Crippen LogP) is 1.95. The summed E-state index contributed by atoms with van der Waals surface area (Å²) in [6, 6.07) is 10.8. The largest absolute Gasteiger partial charge is 0.484 e. The van der Waals surface area contributed by atoms with E-state index in [0.717, 1.165) is 0 Å². The van der Waals surface area contributed by atoms with Gasteiger partial charge in [-0.25, -0.2) is 4.68 Å². The Labute approximate surface area is 141 Å². The van der Waals surface area contributed by atoms with Gasteiger partial charge in [0.15, 0.2) is 6.61 Å². The van der Waals surface area contributed by atoms with Gasteiger partial charge in [-0.05, 0) is 36.1 Å². The first-order chi connectivity index (χ1) is 11.6. The first-order valence-corrected chi connectivity index (χ1v) is 8.08. The molecule has 0 bridgehead atoms. The Kier molecular flexibility index (Phi) is 6.54. The van der Waals surface area contributed by atoms with Crippen molar-refractivity contribution in [3.8, 4) is 5.75 Å². The highest BCUT2D eigenvalue weighted by atomic mass is 16.5. The Hall–Kier alpha value is -2.63. The molecule has 0 unspecified atom stereocenters. The molecule has 0 aliphatic carbocycles. The first kappa shape index (κ1) is 17.7. The lowest BCUT2D eigenvalue weighted by Crippen LogP contribution is -2.31. The fraction of sp³-hybridized carbons (Fsp3) is 0.389.